The van der Waals surface area contributed by atoms with Gasteiger partial charge in [0.05, 0.1) is 61.3 Å². The maximum Gasteiger partial charge on any atom is 0.202 e. The molecule has 1 saturated heterocycles. The quantitative estimate of drug-likeness (QED) is 0.178. The van der Waals surface area contributed by atoms with Crippen molar-refractivity contribution in [1.82, 2.24) is 4.90 Å². The molecule has 0 bridgehead atoms. The summed E-state index contributed by atoms with van der Waals surface area (Å²) in [5.74, 6) is -3.38. The molecule has 2 aromatic carbocycles. The first kappa shape index (κ1) is 31.5. The van der Waals surface area contributed by atoms with Crippen molar-refractivity contribution in [2.75, 3.05) is 26.8 Å². The molecule has 6 atom stereocenters. The van der Waals surface area contributed by atoms with Crippen molar-refractivity contribution in [1.29, 1.82) is 5.26 Å². The Labute approximate surface area is 252 Å². The van der Waals surface area contributed by atoms with Crippen LogP contribution in [-0.4, -0.2) is 105 Å². The van der Waals surface area contributed by atoms with E-state index in [9.17, 15) is 45.2 Å². The van der Waals surface area contributed by atoms with Crippen LogP contribution in [0, 0.1) is 11.3 Å². The predicted octanol–water partition coefficient (Wildman–Crippen LogP) is 0.888. The van der Waals surface area contributed by atoms with E-state index in [1.165, 1.54) is 25.3 Å². The van der Waals surface area contributed by atoms with Crippen LogP contribution in [0.1, 0.15) is 75.8 Å². The molecule has 5 N–H and O–H groups in total. The minimum atomic E-state index is -2.07. The first-order chi connectivity index (χ1) is 20.9. The van der Waals surface area contributed by atoms with E-state index in [4.69, 9.17) is 14.2 Å². The van der Waals surface area contributed by atoms with E-state index in [2.05, 4.69) is 0 Å². The number of Topliss-reactive ketones (excluding diaryl/α,β-unsaturated/α-hetero) is 1. The summed E-state index contributed by atoms with van der Waals surface area (Å²) >= 11 is 0. The lowest BCUT2D eigenvalue weighted by molar-refractivity contribution is -0.258. The van der Waals surface area contributed by atoms with Gasteiger partial charge in [-0.1, -0.05) is 12.1 Å². The molecule has 3 aliphatic rings. The van der Waals surface area contributed by atoms with Gasteiger partial charge in [-0.15, -0.1) is 0 Å². The number of benzene rings is 2. The Morgan fingerprint density at radius 3 is 2.52 bits per heavy atom. The number of hydrogen-bond donors (Lipinski definition) is 5. The molecule has 0 saturated carbocycles. The van der Waals surface area contributed by atoms with Crippen molar-refractivity contribution in [2.45, 2.75) is 69.4 Å². The van der Waals surface area contributed by atoms with Crippen molar-refractivity contribution < 1.29 is 54.1 Å². The van der Waals surface area contributed by atoms with E-state index in [0.29, 0.717) is 0 Å². The molecule has 1 aliphatic heterocycles. The number of hydrogen-bond acceptors (Lipinski definition) is 13. The van der Waals surface area contributed by atoms with Crippen molar-refractivity contribution in [3.8, 4) is 23.3 Å². The SMILES string of the molecule is COc1cccc2c1C(=O)c1c(O)c3c(c(O)c1C2=O)C[C@@](O)(C(C)=O)C[C@@H]3OC1CC(N(CC#N)CCO)C(O)C(C)O1. The summed E-state index contributed by atoms with van der Waals surface area (Å²) in [6.45, 7) is 2.47. The number of nitriles is 1. The van der Waals surface area contributed by atoms with Gasteiger partial charge in [0, 0.05) is 48.5 Å². The molecular weight excluding hydrogens is 576 g/mol. The molecule has 5 rings (SSSR count). The monoisotopic (exact) mass is 610 g/mol. The van der Waals surface area contributed by atoms with Crippen LogP contribution in [-0.2, 0) is 20.7 Å². The number of carbonyl (C=O) groups excluding carboxylic acids is 3. The van der Waals surface area contributed by atoms with Gasteiger partial charge in [0.1, 0.15) is 22.8 Å². The van der Waals surface area contributed by atoms with Crippen LogP contribution in [0.2, 0.25) is 0 Å². The Morgan fingerprint density at radius 1 is 1.18 bits per heavy atom. The van der Waals surface area contributed by atoms with E-state index < -0.39 is 82.6 Å². The highest BCUT2D eigenvalue weighted by atomic mass is 16.7. The number of carbonyl (C=O) groups is 3. The van der Waals surface area contributed by atoms with Crippen molar-refractivity contribution >= 4 is 17.3 Å². The van der Waals surface area contributed by atoms with E-state index in [-0.39, 0.29) is 60.5 Å². The van der Waals surface area contributed by atoms with Gasteiger partial charge in [-0.05, 0) is 19.9 Å². The summed E-state index contributed by atoms with van der Waals surface area (Å²) in [5, 5.41) is 64.1. The number of aromatic hydroxyl groups is 2. The second-order valence-electron chi connectivity index (χ2n) is 11.4. The number of phenolic OH excluding ortho intramolecular Hbond substituents is 2. The minimum absolute atomic E-state index is 0.00278. The lowest BCUT2D eigenvalue weighted by Crippen LogP contribution is -2.56. The zero-order chi connectivity index (χ0) is 32.1. The van der Waals surface area contributed by atoms with Gasteiger partial charge < -0.3 is 39.7 Å². The molecule has 0 radical (unpaired) electrons. The van der Waals surface area contributed by atoms with Crippen LogP contribution < -0.4 is 4.74 Å². The van der Waals surface area contributed by atoms with Gasteiger partial charge in [-0.3, -0.25) is 19.3 Å². The Balaban J connectivity index is 1.62. The molecule has 4 unspecified atom stereocenters. The summed E-state index contributed by atoms with van der Waals surface area (Å²) in [5.41, 5.74) is -3.33. The molecule has 13 nitrogen and oxygen atoms in total. The first-order valence-electron chi connectivity index (χ1n) is 14.2. The number of aliphatic hydroxyl groups excluding tert-OH is 2. The summed E-state index contributed by atoms with van der Waals surface area (Å²) in [6, 6.07) is 5.72. The zero-order valence-corrected chi connectivity index (χ0v) is 24.4. The Morgan fingerprint density at radius 2 is 1.89 bits per heavy atom. The second kappa shape index (κ2) is 11.9. The van der Waals surface area contributed by atoms with Gasteiger partial charge in [0.2, 0.25) is 5.78 Å². The van der Waals surface area contributed by atoms with E-state index in [1.54, 1.807) is 11.8 Å². The third-order valence-corrected chi connectivity index (χ3v) is 8.85. The smallest absolute Gasteiger partial charge is 0.202 e. The molecule has 2 aromatic rings. The Kier molecular flexibility index (Phi) is 8.52. The van der Waals surface area contributed by atoms with Gasteiger partial charge >= 0.3 is 0 Å². The Hall–Kier alpha value is -3.90. The molecular formula is C31H34N2O11. The van der Waals surface area contributed by atoms with Gasteiger partial charge in [0.25, 0.3) is 0 Å². The molecule has 0 amide bonds. The topological polar surface area (TPSA) is 207 Å². The molecule has 234 valence electrons. The third-order valence-electron chi connectivity index (χ3n) is 8.85. The predicted molar refractivity (Wildman–Crippen MR) is 150 cm³/mol. The highest BCUT2D eigenvalue weighted by Crippen LogP contribution is 2.52. The molecule has 0 spiro atoms. The highest BCUT2D eigenvalue weighted by molar-refractivity contribution is 6.31. The zero-order valence-electron chi connectivity index (χ0n) is 24.4. The minimum Gasteiger partial charge on any atom is -0.507 e. The normalized spacial score (nSPS) is 27.7. The van der Waals surface area contributed by atoms with Crippen LogP contribution in [0.4, 0.5) is 0 Å². The largest absolute Gasteiger partial charge is 0.507 e. The molecule has 1 heterocycles. The summed E-state index contributed by atoms with van der Waals surface area (Å²) in [6.07, 6.45) is -5.14. The van der Waals surface area contributed by atoms with Crippen LogP contribution in [0.5, 0.6) is 17.2 Å². The molecule has 2 aliphatic carbocycles. The molecule has 44 heavy (non-hydrogen) atoms. The van der Waals surface area contributed by atoms with Gasteiger partial charge in [-0.25, -0.2) is 0 Å². The lowest BCUT2D eigenvalue weighted by Gasteiger charge is -2.45. The fourth-order valence-electron chi connectivity index (χ4n) is 6.55. The van der Waals surface area contributed by atoms with Crippen LogP contribution in [0.15, 0.2) is 18.2 Å². The average molecular weight is 611 g/mol. The number of phenols is 2. The number of fused-ring (bicyclic) bond motifs is 3. The lowest BCUT2D eigenvalue weighted by atomic mass is 9.72. The summed E-state index contributed by atoms with van der Waals surface area (Å²) in [4.78, 5) is 41.7. The second-order valence-corrected chi connectivity index (χ2v) is 11.4. The van der Waals surface area contributed by atoms with Crippen LogP contribution >= 0.6 is 0 Å². The van der Waals surface area contributed by atoms with Gasteiger partial charge in [0.15, 0.2) is 17.9 Å². The maximum absolute atomic E-state index is 13.8. The maximum atomic E-state index is 13.8. The number of methoxy groups -OCH3 is 1. The van der Waals surface area contributed by atoms with Gasteiger partial charge in [-0.2, -0.15) is 5.26 Å². The average Bonchev–Trinajstić information content (AvgIpc) is 2.98. The van der Waals surface area contributed by atoms with E-state index in [1.807, 2.05) is 6.07 Å². The van der Waals surface area contributed by atoms with Crippen molar-refractivity contribution in [3.63, 3.8) is 0 Å². The summed E-state index contributed by atoms with van der Waals surface area (Å²) in [7, 11) is 1.33. The number of ketones is 3. The fourth-order valence-corrected chi connectivity index (χ4v) is 6.55. The number of ether oxygens (including phenoxy) is 3. The Bertz CT molecular complexity index is 1570. The standard InChI is InChI=1S/C31H34N2O11/c1-14-26(36)18(33(8-7-32)9-10-34)11-21(43-14)44-20-13-31(41,15(2)35)12-17-23(20)30(40)25-24(28(17)38)27(37)16-5-4-6-19(42-3)22(16)29(25)39/h4-6,14,18,20-21,26,34,36,38,40-41H,8-13H2,1-3H3/t14?,18?,20-,21?,26?,31-/m0/s1. The molecule has 0 aromatic heterocycles. The van der Waals surface area contributed by atoms with Crippen molar-refractivity contribution in [2.24, 2.45) is 0 Å². The number of rotatable bonds is 8. The van der Waals surface area contributed by atoms with Crippen LogP contribution in [0.25, 0.3) is 0 Å². The van der Waals surface area contributed by atoms with Crippen molar-refractivity contribution in [3.05, 3.63) is 51.6 Å². The summed E-state index contributed by atoms with van der Waals surface area (Å²) < 4.78 is 17.4. The molecule has 13 heteroatoms. The van der Waals surface area contributed by atoms with Crippen LogP contribution in [0.3, 0.4) is 0 Å². The number of nitrogens with zero attached hydrogens (tertiary/aromatic N) is 2. The fraction of sp³-hybridized carbons (Fsp3) is 0.484. The first-order valence-corrected chi connectivity index (χ1v) is 14.2. The van der Waals surface area contributed by atoms with E-state index in [0.717, 1.165) is 6.92 Å². The van der Waals surface area contributed by atoms with E-state index >= 15 is 0 Å². The number of aliphatic hydroxyl groups is 3. The third kappa shape index (κ3) is 5.03. The molecule has 1 fully saturated rings. The highest BCUT2D eigenvalue weighted by Gasteiger charge is 2.50.